The van der Waals surface area contributed by atoms with E-state index in [1.54, 1.807) is 18.3 Å². The highest BCUT2D eigenvalue weighted by molar-refractivity contribution is 5.83. The van der Waals surface area contributed by atoms with Gasteiger partial charge in [-0.25, -0.2) is 28.7 Å². The van der Waals surface area contributed by atoms with E-state index in [0.29, 0.717) is 17.2 Å². The number of carbonyl (C=O) groups excluding carboxylic acids is 1. The number of aromatic nitrogens is 5. The van der Waals surface area contributed by atoms with Gasteiger partial charge >= 0.3 is 5.97 Å². The SMILES string of the molecule is CCN1CCC(C(C(=O)OC)c2ccc(Nc3ncc(F)c(-c4cc(F)c5nc(C)n(C(C)C)c5c4)n3)nc2)CC1. The summed E-state index contributed by atoms with van der Waals surface area (Å²) in [6.07, 6.45) is 4.51. The van der Waals surface area contributed by atoms with Gasteiger partial charge in [0.1, 0.15) is 22.9 Å². The molecule has 9 nitrogen and oxygen atoms in total. The number of ether oxygens (including phenoxy) is 1. The van der Waals surface area contributed by atoms with Crippen LogP contribution in [0, 0.1) is 24.5 Å². The third kappa shape index (κ3) is 5.76. The first-order valence-corrected chi connectivity index (χ1v) is 13.9. The summed E-state index contributed by atoms with van der Waals surface area (Å²) in [5, 5.41) is 2.99. The van der Waals surface area contributed by atoms with E-state index in [1.165, 1.54) is 13.2 Å². The number of benzene rings is 1. The lowest BCUT2D eigenvalue weighted by atomic mass is 9.80. The first-order chi connectivity index (χ1) is 19.7. The summed E-state index contributed by atoms with van der Waals surface area (Å²) in [6, 6.07) is 6.54. The minimum absolute atomic E-state index is 0.0408. The van der Waals surface area contributed by atoms with Gasteiger partial charge in [-0.2, -0.15) is 0 Å². The second-order valence-electron chi connectivity index (χ2n) is 10.7. The van der Waals surface area contributed by atoms with Crippen LogP contribution in [-0.4, -0.2) is 62.1 Å². The Morgan fingerprint density at radius 1 is 1.10 bits per heavy atom. The Morgan fingerprint density at radius 3 is 2.49 bits per heavy atom. The van der Waals surface area contributed by atoms with Crippen molar-refractivity contribution in [3.05, 3.63) is 59.7 Å². The van der Waals surface area contributed by atoms with Gasteiger partial charge in [-0.15, -0.1) is 0 Å². The van der Waals surface area contributed by atoms with Crippen molar-refractivity contribution in [2.24, 2.45) is 5.92 Å². The molecule has 1 fully saturated rings. The van der Waals surface area contributed by atoms with E-state index in [2.05, 4.69) is 37.1 Å². The molecule has 1 aliphatic heterocycles. The number of methoxy groups -OCH3 is 1. The zero-order chi connectivity index (χ0) is 29.3. The fourth-order valence-corrected chi connectivity index (χ4v) is 5.80. The van der Waals surface area contributed by atoms with Crippen LogP contribution in [0.3, 0.4) is 0 Å². The van der Waals surface area contributed by atoms with Crippen molar-refractivity contribution in [1.29, 1.82) is 0 Å². The number of carbonyl (C=O) groups is 1. The molecule has 41 heavy (non-hydrogen) atoms. The number of nitrogens with zero attached hydrogens (tertiary/aromatic N) is 6. The number of hydrogen-bond donors (Lipinski definition) is 1. The number of pyridine rings is 1. The standard InChI is InChI=1S/C30H35F2N7O2/c1-6-38-11-9-19(10-12-38)26(29(40)41-5)20-7-8-25(33-15-20)36-30-34-16-23(32)27(37-30)21-13-22(31)28-24(14-21)39(17(2)3)18(4)35-28/h7-8,13-17,19,26H,6,9-12H2,1-5H3,(H,33,34,36,37). The Balaban J connectivity index is 1.40. The topological polar surface area (TPSA) is 98.1 Å². The van der Waals surface area contributed by atoms with E-state index >= 15 is 4.39 Å². The fourth-order valence-electron chi connectivity index (χ4n) is 5.80. The fraction of sp³-hybridized carbons (Fsp3) is 0.433. The highest BCUT2D eigenvalue weighted by Crippen LogP contribution is 2.34. The van der Waals surface area contributed by atoms with Crippen molar-refractivity contribution < 1.29 is 18.3 Å². The number of nitrogens with one attached hydrogen (secondary N) is 1. The van der Waals surface area contributed by atoms with E-state index in [4.69, 9.17) is 4.74 Å². The molecule has 0 aliphatic carbocycles. The number of esters is 1. The van der Waals surface area contributed by atoms with Crippen LogP contribution >= 0.6 is 0 Å². The van der Waals surface area contributed by atoms with Crippen LogP contribution in [0.15, 0.2) is 36.7 Å². The number of rotatable bonds is 8. The lowest BCUT2D eigenvalue weighted by Crippen LogP contribution is -2.37. The van der Waals surface area contributed by atoms with Crippen molar-refractivity contribution in [2.45, 2.75) is 52.5 Å². The number of halogens is 2. The first kappa shape index (κ1) is 28.5. The predicted molar refractivity (Wildman–Crippen MR) is 153 cm³/mol. The van der Waals surface area contributed by atoms with Gasteiger partial charge < -0.3 is 19.5 Å². The van der Waals surface area contributed by atoms with Gasteiger partial charge in [0, 0.05) is 17.8 Å². The van der Waals surface area contributed by atoms with Crippen LogP contribution in [0.5, 0.6) is 0 Å². The first-order valence-electron chi connectivity index (χ1n) is 13.9. The van der Waals surface area contributed by atoms with Crippen molar-refractivity contribution in [3.8, 4) is 11.3 Å². The normalized spacial score (nSPS) is 15.4. The molecule has 0 radical (unpaired) electrons. The number of aryl methyl sites for hydroxylation is 1. The molecular weight excluding hydrogens is 528 g/mol. The summed E-state index contributed by atoms with van der Waals surface area (Å²) in [7, 11) is 1.41. The lowest BCUT2D eigenvalue weighted by Gasteiger charge is -2.34. The Hall–Kier alpha value is -3.99. The van der Waals surface area contributed by atoms with Crippen LogP contribution in [0.2, 0.25) is 0 Å². The van der Waals surface area contributed by atoms with Crippen molar-refractivity contribution in [1.82, 2.24) is 29.4 Å². The van der Waals surface area contributed by atoms with Gasteiger partial charge in [0.2, 0.25) is 5.95 Å². The molecule has 3 aromatic heterocycles. The van der Waals surface area contributed by atoms with Gasteiger partial charge in [-0.3, -0.25) is 4.79 Å². The van der Waals surface area contributed by atoms with Crippen LogP contribution in [0.1, 0.15) is 57.0 Å². The lowest BCUT2D eigenvalue weighted by molar-refractivity contribution is -0.144. The zero-order valence-corrected chi connectivity index (χ0v) is 24.0. The second kappa shape index (κ2) is 11.9. The highest BCUT2D eigenvalue weighted by atomic mass is 19.1. The monoisotopic (exact) mass is 563 g/mol. The van der Waals surface area contributed by atoms with Gasteiger partial charge in [0.05, 0.1) is 24.7 Å². The van der Waals surface area contributed by atoms with E-state index in [9.17, 15) is 9.18 Å². The van der Waals surface area contributed by atoms with Gasteiger partial charge in [0.25, 0.3) is 0 Å². The molecule has 5 rings (SSSR count). The molecule has 0 bridgehead atoms. The summed E-state index contributed by atoms with van der Waals surface area (Å²) in [4.78, 5) is 32.3. The minimum Gasteiger partial charge on any atom is -0.469 e. The van der Waals surface area contributed by atoms with Crippen LogP contribution < -0.4 is 5.32 Å². The van der Waals surface area contributed by atoms with Crippen LogP contribution in [0.25, 0.3) is 22.3 Å². The van der Waals surface area contributed by atoms with Gasteiger partial charge in [-0.05, 0) is 82.9 Å². The van der Waals surface area contributed by atoms with Crippen molar-refractivity contribution in [3.63, 3.8) is 0 Å². The molecule has 0 amide bonds. The summed E-state index contributed by atoms with van der Waals surface area (Å²) >= 11 is 0. The molecule has 1 aromatic carbocycles. The molecule has 4 aromatic rings. The maximum Gasteiger partial charge on any atom is 0.313 e. The molecule has 0 saturated carbocycles. The van der Waals surface area contributed by atoms with E-state index in [1.807, 2.05) is 31.4 Å². The second-order valence-corrected chi connectivity index (χ2v) is 10.7. The largest absolute Gasteiger partial charge is 0.469 e. The molecule has 0 spiro atoms. The third-order valence-corrected chi connectivity index (χ3v) is 7.85. The quantitative estimate of drug-likeness (QED) is 0.269. The molecule has 216 valence electrons. The average molecular weight is 564 g/mol. The average Bonchev–Trinajstić information content (AvgIpc) is 3.32. The summed E-state index contributed by atoms with van der Waals surface area (Å²) in [6.45, 7) is 10.8. The number of anilines is 2. The Bertz CT molecular complexity index is 1550. The van der Waals surface area contributed by atoms with E-state index < -0.39 is 17.6 Å². The van der Waals surface area contributed by atoms with Gasteiger partial charge in [0.15, 0.2) is 11.6 Å². The Kier molecular flexibility index (Phi) is 8.25. The Morgan fingerprint density at radius 2 is 1.85 bits per heavy atom. The number of hydrogen-bond acceptors (Lipinski definition) is 8. The highest BCUT2D eigenvalue weighted by Gasteiger charge is 2.33. The number of likely N-dealkylation sites (tertiary alicyclic amines) is 1. The molecule has 1 N–H and O–H groups in total. The molecule has 1 unspecified atom stereocenters. The molecule has 4 heterocycles. The summed E-state index contributed by atoms with van der Waals surface area (Å²) < 4.78 is 37.0. The van der Waals surface area contributed by atoms with Crippen molar-refractivity contribution >= 4 is 28.8 Å². The third-order valence-electron chi connectivity index (χ3n) is 7.85. The van der Waals surface area contributed by atoms with Crippen LogP contribution in [-0.2, 0) is 9.53 Å². The van der Waals surface area contributed by atoms with E-state index in [0.717, 1.165) is 44.2 Å². The summed E-state index contributed by atoms with van der Waals surface area (Å²) in [5.41, 5.74) is 1.81. The molecule has 1 atom stereocenters. The van der Waals surface area contributed by atoms with Gasteiger partial charge in [-0.1, -0.05) is 13.0 Å². The molecule has 11 heteroatoms. The van der Waals surface area contributed by atoms with Crippen LogP contribution in [0.4, 0.5) is 20.5 Å². The molecule has 1 saturated heterocycles. The molecule has 1 aliphatic rings. The smallest absolute Gasteiger partial charge is 0.313 e. The zero-order valence-electron chi connectivity index (χ0n) is 24.0. The maximum atomic E-state index is 15.0. The van der Waals surface area contributed by atoms with E-state index in [-0.39, 0.29) is 40.7 Å². The number of imidazole rings is 1. The minimum atomic E-state index is -0.681. The molecular formula is C30H35F2N7O2. The van der Waals surface area contributed by atoms with Crippen molar-refractivity contribution in [2.75, 3.05) is 32.1 Å². The summed E-state index contributed by atoms with van der Waals surface area (Å²) in [5.74, 6) is -0.535. The number of piperidine rings is 1. The number of fused-ring (bicyclic) bond motifs is 1. The predicted octanol–water partition coefficient (Wildman–Crippen LogP) is 5.79. The maximum absolute atomic E-state index is 15.0. The Labute approximate surface area is 238 Å².